The van der Waals surface area contributed by atoms with E-state index in [1.54, 1.807) is 12.1 Å². The van der Waals surface area contributed by atoms with Gasteiger partial charge in [0.05, 0.1) is 5.69 Å². The largest absolute Gasteiger partial charge is 0.487 e. The molecule has 0 saturated carbocycles. The summed E-state index contributed by atoms with van der Waals surface area (Å²) in [6, 6.07) is 17.1. The number of fused-ring (bicyclic) bond motifs is 1. The van der Waals surface area contributed by atoms with Crippen LogP contribution in [0.5, 0.6) is 5.75 Å². The summed E-state index contributed by atoms with van der Waals surface area (Å²) in [4.78, 5) is 17.2. The van der Waals surface area contributed by atoms with Gasteiger partial charge in [0, 0.05) is 23.6 Å². The highest BCUT2D eigenvalue weighted by Gasteiger charge is 2.09. The van der Waals surface area contributed by atoms with E-state index in [1.807, 2.05) is 80.0 Å². The molecule has 0 atom stereocenters. The summed E-state index contributed by atoms with van der Waals surface area (Å²) in [7, 11) is 0. The molecule has 2 heterocycles. The van der Waals surface area contributed by atoms with Crippen LogP contribution >= 0.6 is 0 Å². The van der Waals surface area contributed by atoms with E-state index in [-0.39, 0.29) is 5.91 Å². The van der Waals surface area contributed by atoms with Crippen molar-refractivity contribution in [3.63, 3.8) is 0 Å². The van der Waals surface area contributed by atoms with Crippen LogP contribution in [0.25, 0.3) is 5.65 Å². The molecule has 1 N–H and O–H groups in total. The number of amides is 1. The summed E-state index contributed by atoms with van der Waals surface area (Å²) in [5.41, 5.74) is 6.54. The molecule has 1 amide bonds. The Bertz CT molecular complexity index is 1190. The zero-order valence-electron chi connectivity index (χ0n) is 16.8. The quantitative estimate of drug-likeness (QED) is 0.520. The molecule has 5 nitrogen and oxygen atoms in total. The van der Waals surface area contributed by atoms with Crippen molar-refractivity contribution in [2.75, 3.05) is 5.32 Å². The highest BCUT2D eigenvalue weighted by molar-refractivity contribution is 6.04. The van der Waals surface area contributed by atoms with Crippen LogP contribution < -0.4 is 10.1 Å². The van der Waals surface area contributed by atoms with Crippen LogP contribution in [0.1, 0.15) is 32.7 Å². The van der Waals surface area contributed by atoms with Crippen molar-refractivity contribution in [3.05, 3.63) is 94.9 Å². The fourth-order valence-electron chi connectivity index (χ4n) is 3.18. The van der Waals surface area contributed by atoms with E-state index in [4.69, 9.17) is 4.74 Å². The number of hydrogen-bond acceptors (Lipinski definition) is 3. The Hall–Kier alpha value is -3.60. The Morgan fingerprint density at radius 1 is 1.00 bits per heavy atom. The van der Waals surface area contributed by atoms with E-state index in [0.717, 1.165) is 28.2 Å². The van der Waals surface area contributed by atoms with Crippen molar-refractivity contribution in [2.45, 2.75) is 27.4 Å². The Morgan fingerprint density at radius 3 is 2.66 bits per heavy atom. The van der Waals surface area contributed by atoms with Gasteiger partial charge in [-0.15, -0.1) is 0 Å². The number of rotatable bonds is 5. The third kappa shape index (κ3) is 4.14. The fourth-order valence-corrected chi connectivity index (χ4v) is 3.18. The van der Waals surface area contributed by atoms with Gasteiger partial charge >= 0.3 is 0 Å². The molecule has 0 unspecified atom stereocenters. The first-order chi connectivity index (χ1) is 14.0. The molecule has 0 spiro atoms. The lowest BCUT2D eigenvalue weighted by Crippen LogP contribution is -2.12. The molecule has 146 valence electrons. The minimum atomic E-state index is -0.165. The van der Waals surface area contributed by atoms with Crippen molar-refractivity contribution in [1.82, 2.24) is 9.38 Å². The summed E-state index contributed by atoms with van der Waals surface area (Å²) in [6.07, 6.45) is 3.93. The molecule has 4 rings (SSSR count). The predicted molar refractivity (Wildman–Crippen MR) is 115 cm³/mol. The molecule has 2 aromatic heterocycles. The lowest BCUT2D eigenvalue weighted by Gasteiger charge is -2.09. The first kappa shape index (κ1) is 18.7. The fraction of sp³-hybridized carbons (Fsp3) is 0.167. The molecule has 2 aromatic carbocycles. The van der Waals surface area contributed by atoms with Crippen LogP contribution in [0.3, 0.4) is 0 Å². The van der Waals surface area contributed by atoms with Gasteiger partial charge in [-0.1, -0.05) is 18.2 Å². The molecular weight excluding hydrogens is 362 g/mol. The summed E-state index contributed by atoms with van der Waals surface area (Å²) >= 11 is 0. The molecule has 0 aliphatic carbocycles. The van der Waals surface area contributed by atoms with Crippen molar-refractivity contribution < 1.29 is 9.53 Å². The maximum atomic E-state index is 12.6. The highest BCUT2D eigenvalue weighted by atomic mass is 16.5. The summed E-state index contributed by atoms with van der Waals surface area (Å²) < 4.78 is 7.87. The Kier molecular flexibility index (Phi) is 5.04. The van der Waals surface area contributed by atoms with Crippen LogP contribution in [0, 0.1) is 20.8 Å². The summed E-state index contributed by atoms with van der Waals surface area (Å²) in [6.45, 7) is 6.44. The van der Waals surface area contributed by atoms with Crippen molar-refractivity contribution >= 4 is 17.2 Å². The van der Waals surface area contributed by atoms with E-state index < -0.39 is 0 Å². The maximum absolute atomic E-state index is 12.6. The number of aromatic nitrogens is 2. The highest BCUT2D eigenvalue weighted by Crippen LogP contribution is 2.19. The van der Waals surface area contributed by atoms with Gasteiger partial charge in [-0.2, -0.15) is 0 Å². The number of pyridine rings is 1. The molecular formula is C24H23N3O2. The minimum absolute atomic E-state index is 0.165. The normalized spacial score (nSPS) is 10.9. The Labute approximate surface area is 170 Å². The Morgan fingerprint density at radius 2 is 1.86 bits per heavy atom. The molecule has 0 fully saturated rings. The second-order valence-corrected chi connectivity index (χ2v) is 7.22. The van der Waals surface area contributed by atoms with Crippen molar-refractivity contribution in [2.24, 2.45) is 0 Å². The summed E-state index contributed by atoms with van der Waals surface area (Å²) in [5.74, 6) is 0.466. The third-order valence-electron chi connectivity index (χ3n) is 4.98. The lowest BCUT2D eigenvalue weighted by atomic mass is 10.1. The van der Waals surface area contributed by atoms with Gasteiger partial charge in [-0.25, -0.2) is 4.98 Å². The lowest BCUT2D eigenvalue weighted by molar-refractivity contribution is 0.102. The van der Waals surface area contributed by atoms with Crippen LogP contribution in [0.4, 0.5) is 5.69 Å². The molecule has 4 aromatic rings. The van der Waals surface area contributed by atoms with Crippen molar-refractivity contribution in [3.8, 4) is 5.75 Å². The number of aryl methyl sites for hydroxylation is 3. The number of nitrogens with zero attached hydrogens (tertiary/aromatic N) is 2. The number of imidazole rings is 1. The number of benzene rings is 2. The van der Waals surface area contributed by atoms with Gasteiger partial charge in [0.1, 0.15) is 18.0 Å². The van der Waals surface area contributed by atoms with Crippen LogP contribution in [0.15, 0.2) is 67.0 Å². The SMILES string of the molecule is Cc1ccc(NC(=O)c2cccc(OCc3cn4cccc(C)c4n3)c2)cc1C. The van der Waals surface area contributed by atoms with E-state index in [2.05, 4.69) is 10.3 Å². The molecule has 29 heavy (non-hydrogen) atoms. The number of nitrogens with one attached hydrogen (secondary N) is 1. The van der Waals surface area contributed by atoms with E-state index >= 15 is 0 Å². The van der Waals surface area contributed by atoms with Gasteiger partial charge in [-0.3, -0.25) is 4.79 Å². The molecule has 5 heteroatoms. The molecule has 0 aliphatic rings. The second-order valence-electron chi connectivity index (χ2n) is 7.22. The maximum Gasteiger partial charge on any atom is 0.255 e. The first-order valence-electron chi connectivity index (χ1n) is 9.54. The smallest absolute Gasteiger partial charge is 0.255 e. The van der Waals surface area contributed by atoms with Gasteiger partial charge in [0.2, 0.25) is 0 Å². The first-order valence-corrected chi connectivity index (χ1v) is 9.54. The Balaban J connectivity index is 1.45. The number of carbonyl (C=O) groups excluding carboxylic acids is 1. The van der Waals surface area contributed by atoms with Crippen LogP contribution in [-0.4, -0.2) is 15.3 Å². The molecule has 0 aliphatic heterocycles. The summed E-state index contributed by atoms with van der Waals surface area (Å²) in [5, 5.41) is 2.94. The molecule has 0 saturated heterocycles. The third-order valence-corrected chi connectivity index (χ3v) is 4.98. The minimum Gasteiger partial charge on any atom is -0.487 e. The monoisotopic (exact) mass is 385 g/mol. The number of ether oxygens (including phenoxy) is 1. The second kappa shape index (κ2) is 7.80. The van der Waals surface area contributed by atoms with Gasteiger partial charge in [0.15, 0.2) is 0 Å². The van der Waals surface area contributed by atoms with Crippen LogP contribution in [-0.2, 0) is 6.61 Å². The zero-order valence-corrected chi connectivity index (χ0v) is 16.8. The predicted octanol–water partition coefficient (Wildman–Crippen LogP) is 5.09. The van der Waals surface area contributed by atoms with Gasteiger partial charge in [0.25, 0.3) is 5.91 Å². The molecule has 0 radical (unpaired) electrons. The van der Waals surface area contributed by atoms with Gasteiger partial charge in [-0.05, 0) is 73.9 Å². The van der Waals surface area contributed by atoms with E-state index in [0.29, 0.717) is 17.9 Å². The van der Waals surface area contributed by atoms with Crippen molar-refractivity contribution in [1.29, 1.82) is 0 Å². The average Bonchev–Trinajstić information content (AvgIpc) is 3.14. The molecule has 0 bridgehead atoms. The van der Waals surface area contributed by atoms with Gasteiger partial charge < -0.3 is 14.5 Å². The van der Waals surface area contributed by atoms with E-state index in [9.17, 15) is 4.79 Å². The standard InChI is InChI=1S/C24H23N3O2/c1-16-9-10-20(12-18(16)3)26-24(28)19-7-4-8-22(13-19)29-15-21-14-27-11-5-6-17(2)23(27)25-21/h4-14H,15H2,1-3H3,(H,26,28). The average molecular weight is 385 g/mol. The number of anilines is 1. The van der Waals surface area contributed by atoms with E-state index in [1.165, 1.54) is 5.56 Å². The zero-order chi connectivity index (χ0) is 20.4. The van der Waals surface area contributed by atoms with Crippen LogP contribution in [0.2, 0.25) is 0 Å². The number of hydrogen-bond donors (Lipinski definition) is 1. The number of carbonyl (C=O) groups is 1. The topological polar surface area (TPSA) is 55.6 Å².